The highest BCUT2D eigenvalue weighted by molar-refractivity contribution is 6.74. The van der Waals surface area contributed by atoms with Crippen LogP contribution in [0.2, 0.25) is 18.1 Å². The SMILES string of the molecule is CCOC(=O)C[C@@H](C)[C@H]1O[C@@H](c2ccccc2)OC[C@H]1O[Si](C)(C)C(C)(C)C. The van der Waals surface area contributed by atoms with Crippen molar-refractivity contribution in [3.05, 3.63) is 35.9 Å². The molecule has 1 saturated heterocycles. The second kappa shape index (κ2) is 9.52. The summed E-state index contributed by atoms with van der Waals surface area (Å²) in [6.45, 7) is 15.8. The lowest BCUT2D eigenvalue weighted by molar-refractivity contribution is -0.264. The average Bonchev–Trinajstić information content (AvgIpc) is 2.61. The Morgan fingerprint density at radius 1 is 1.25 bits per heavy atom. The monoisotopic (exact) mass is 408 g/mol. The maximum absolute atomic E-state index is 12.1. The number of carbonyl (C=O) groups is 1. The summed E-state index contributed by atoms with van der Waals surface area (Å²) >= 11 is 0. The van der Waals surface area contributed by atoms with Gasteiger partial charge < -0.3 is 18.6 Å². The van der Waals surface area contributed by atoms with Crippen LogP contribution in [0.5, 0.6) is 0 Å². The van der Waals surface area contributed by atoms with E-state index in [1.807, 2.05) is 44.2 Å². The van der Waals surface area contributed by atoms with Crippen molar-refractivity contribution in [2.45, 2.75) is 77.7 Å². The number of hydrogen-bond donors (Lipinski definition) is 0. The summed E-state index contributed by atoms with van der Waals surface area (Å²) in [5.41, 5.74) is 0.974. The van der Waals surface area contributed by atoms with E-state index in [0.29, 0.717) is 19.6 Å². The normalized spacial score (nSPS) is 24.6. The number of ether oxygens (including phenoxy) is 3. The summed E-state index contributed by atoms with van der Waals surface area (Å²) in [5.74, 6) is -0.239. The molecule has 0 aliphatic carbocycles. The van der Waals surface area contributed by atoms with Crippen molar-refractivity contribution in [1.29, 1.82) is 0 Å². The average molecular weight is 409 g/mol. The Morgan fingerprint density at radius 2 is 1.89 bits per heavy atom. The Balaban J connectivity index is 2.19. The fourth-order valence-electron chi connectivity index (χ4n) is 3.09. The molecule has 0 bridgehead atoms. The van der Waals surface area contributed by atoms with Crippen molar-refractivity contribution >= 4 is 14.3 Å². The van der Waals surface area contributed by atoms with Crippen molar-refractivity contribution < 1.29 is 23.4 Å². The maximum atomic E-state index is 12.1. The number of carbonyl (C=O) groups excluding carboxylic acids is 1. The smallest absolute Gasteiger partial charge is 0.306 e. The molecule has 4 atom stereocenters. The van der Waals surface area contributed by atoms with Crippen LogP contribution in [0.15, 0.2) is 30.3 Å². The van der Waals surface area contributed by atoms with E-state index < -0.39 is 14.6 Å². The van der Waals surface area contributed by atoms with E-state index in [9.17, 15) is 4.79 Å². The van der Waals surface area contributed by atoms with Gasteiger partial charge in [0.15, 0.2) is 14.6 Å². The van der Waals surface area contributed by atoms with E-state index in [4.69, 9.17) is 18.6 Å². The van der Waals surface area contributed by atoms with Gasteiger partial charge in [0.2, 0.25) is 0 Å². The van der Waals surface area contributed by atoms with Crippen LogP contribution in [0.25, 0.3) is 0 Å². The first kappa shape index (κ1) is 23.1. The number of benzene rings is 1. The van der Waals surface area contributed by atoms with Gasteiger partial charge in [-0.2, -0.15) is 0 Å². The molecule has 1 heterocycles. The molecule has 0 amide bonds. The minimum absolute atomic E-state index is 0.0380. The third kappa shape index (κ3) is 5.89. The first-order valence-electron chi connectivity index (χ1n) is 10.2. The zero-order chi connectivity index (χ0) is 20.9. The molecule has 1 aliphatic heterocycles. The second-order valence-electron chi connectivity index (χ2n) is 9.08. The van der Waals surface area contributed by atoms with Gasteiger partial charge in [0.05, 0.1) is 31.8 Å². The van der Waals surface area contributed by atoms with E-state index in [1.54, 1.807) is 0 Å². The summed E-state index contributed by atoms with van der Waals surface area (Å²) in [6, 6.07) is 9.89. The Hall–Kier alpha value is -1.21. The van der Waals surface area contributed by atoms with Crippen LogP contribution in [0.4, 0.5) is 0 Å². The Labute approximate surface area is 170 Å². The van der Waals surface area contributed by atoms with Crippen molar-refractivity contribution in [3.8, 4) is 0 Å². The Kier molecular flexibility index (Phi) is 7.85. The molecular weight excluding hydrogens is 372 g/mol. The quantitative estimate of drug-likeness (QED) is 0.465. The minimum atomic E-state index is -2.01. The van der Waals surface area contributed by atoms with Crippen LogP contribution in [0, 0.1) is 5.92 Å². The molecule has 0 N–H and O–H groups in total. The van der Waals surface area contributed by atoms with Crippen molar-refractivity contribution in [2.75, 3.05) is 13.2 Å². The predicted octanol–water partition coefficient (Wildman–Crippen LogP) is 5.08. The highest BCUT2D eigenvalue weighted by atomic mass is 28.4. The molecular formula is C22H36O5Si. The molecule has 0 aromatic heterocycles. The summed E-state index contributed by atoms with van der Waals surface area (Å²) < 4.78 is 24.2. The summed E-state index contributed by atoms with van der Waals surface area (Å²) in [4.78, 5) is 12.1. The van der Waals surface area contributed by atoms with Gasteiger partial charge in [0.25, 0.3) is 0 Å². The van der Waals surface area contributed by atoms with Gasteiger partial charge in [-0.05, 0) is 31.0 Å². The second-order valence-corrected chi connectivity index (χ2v) is 13.8. The zero-order valence-corrected chi connectivity index (χ0v) is 19.4. The first-order chi connectivity index (χ1) is 13.0. The molecule has 6 heteroatoms. The minimum Gasteiger partial charge on any atom is -0.466 e. The zero-order valence-electron chi connectivity index (χ0n) is 18.4. The van der Waals surface area contributed by atoms with E-state index in [2.05, 4.69) is 33.9 Å². The van der Waals surface area contributed by atoms with Crippen LogP contribution in [0.3, 0.4) is 0 Å². The molecule has 0 spiro atoms. The van der Waals surface area contributed by atoms with Crippen LogP contribution in [-0.2, 0) is 23.4 Å². The van der Waals surface area contributed by atoms with Gasteiger partial charge in [-0.25, -0.2) is 0 Å². The largest absolute Gasteiger partial charge is 0.466 e. The van der Waals surface area contributed by atoms with Crippen molar-refractivity contribution in [1.82, 2.24) is 0 Å². The number of rotatable bonds is 7. The van der Waals surface area contributed by atoms with E-state index in [-0.39, 0.29) is 29.1 Å². The van der Waals surface area contributed by atoms with Gasteiger partial charge >= 0.3 is 5.97 Å². The molecule has 158 valence electrons. The molecule has 1 fully saturated rings. The molecule has 0 saturated carbocycles. The Bertz CT molecular complexity index is 626. The van der Waals surface area contributed by atoms with E-state index >= 15 is 0 Å². The third-order valence-electron chi connectivity index (χ3n) is 5.74. The van der Waals surface area contributed by atoms with Gasteiger partial charge in [0.1, 0.15) is 0 Å². The maximum Gasteiger partial charge on any atom is 0.306 e. The lowest BCUT2D eigenvalue weighted by Crippen LogP contribution is -2.53. The van der Waals surface area contributed by atoms with Crippen molar-refractivity contribution in [2.24, 2.45) is 5.92 Å². The predicted molar refractivity (Wildman–Crippen MR) is 112 cm³/mol. The highest BCUT2D eigenvalue weighted by Gasteiger charge is 2.45. The topological polar surface area (TPSA) is 54.0 Å². The van der Waals surface area contributed by atoms with Gasteiger partial charge in [0, 0.05) is 5.56 Å². The van der Waals surface area contributed by atoms with Gasteiger partial charge in [-0.3, -0.25) is 4.79 Å². The van der Waals surface area contributed by atoms with Crippen LogP contribution in [-0.4, -0.2) is 39.7 Å². The summed E-state index contributed by atoms with van der Waals surface area (Å²) in [7, 11) is -2.01. The summed E-state index contributed by atoms with van der Waals surface area (Å²) in [6.07, 6.45) is -0.588. The van der Waals surface area contributed by atoms with Crippen molar-refractivity contribution in [3.63, 3.8) is 0 Å². The third-order valence-corrected chi connectivity index (χ3v) is 10.2. The van der Waals surface area contributed by atoms with Crippen LogP contribution < -0.4 is 0 Å². The van der Waals surface area contributed by atoms with Crippen LogP contribution >= 0.6 is 0 Å². The molecule has 5 nitrogen and oxygen atoms in total. The molecule has 0 unspecified atom stereocenters. The highest BCUT2D eigenvalue weighted by Crippen LogP contribution is 2.40. The van der Waals surface area contributed by atoms with E-state index in [0.717, 1.165) is 5.56 Å². The lowest BCUT2D eigenvalue weighted by atomic mass is 9.95. The molecule has 1 aliphatic rings. The fourth-order valence-corrected chi connectivity index (χ4v) is 4.40. The Morgan fingerprint density at radius 3 is 2.46 bits per heavy atom. The molecule has 28 heavy (non-hydrogen) atoms. The molecule has 0 radical (unpaired) electrons. The lowest BCUT2D eigenvalue weighted by Gasteiger charge is -2.45. The van der Waals surface area contributed by atoms with E-state index in [1.165, 1.54) is 0 Å². The van der Waals surface area contributed by atoms with Gasteiger partial charge in [-0.15, -0.1) is 0 Å². The first-order valence-corrected chi connectivity index (χ1v) is 13.1. The molecule has 2 rings (SSSR count). The number of esters is 1. The number of hydrogen-bond acceptors (Lipinski definition) is 5. The fraction of sp³-hybridized carbons (Fsp3) is 0.682. The van der Waals surface area contributed by atoms with Crippen LogP contribution in [0.1, 0.15) is 52.9 Å². The standard InChI is InChI=1S/C22H36O5Si/c1-8-24-19(23)14-16(2)20-18(27-28(6,7)22(3,4)5)15-25-21(26-20)17-12-10-9-11-13-17/h9-13,16,18,20-21H,8,14-15H2,1-7H3/t16-,18-,20-,21+/m1/s1. The summed E-state index contributed by atoms with van der Waals surface area (Å²) in [5, 5.41) is 0.0816. The molecule has 1 aromatic rings. The van der Waals surface area contributed by atoms with Gasteiger partial charge in [-0.1, -0.05) is 58.0 Å². The molecule has 1 aromatic carbocycles.